The monoisotopic (exact) mass is 236 g/mol. The number of hydrogen-bond donors (Lipinski definition) is 0. The summed E-state index contributed by atoms with van der Waals surface area (Å²) in [5.41, 5.74) is 1.01. The molecule has 86 valence electrons. The van der Waals surface area contributed by atoms with Crippen molar-refractivity contribution in [3.05, 3.63) is 29.8 Å². The quantitative estimate of drug-likeness (QED) is 0.791. The molecule has 0 aromatic heterocycles. The largest absolute Gasteiger partial charge is 0.298 e. The first-order chi connectivity index (χ1) is 7.70. The standard InChI is InChI=1S/C13H16O2S/c1-10-6-2-4-8-12(10)16(15)13-9-5-3-7-11(13)14/h2,4,6,8,13H,3,5,7,9H2,1H3. The second-order valence-corrected chi connectivity index (χ2v) is 5.87. The molecule has 2 nitrogen and oxygen atoms in total. The minimum Gasteiger partial charge on any atom is -0.298 e. The lowest BCUT2D eigenvalue weighted by Gasteiger charge is -2.20. The first kappa shape index (κ1) is 11.5. The molecule has 0 N–H and O–H groups in total. The van der Waals surface area contributed by atoms with Crippen molar-refractivity contribution in [2.24, 2.45) is 0 Å². The highest BCUT2D eigenvalue weighted by atomic mass is 32.2. The molecular weight excluding hydrogens is 220 g/mol. The summed E-state index contributed by atoms with van der Waals surface area (Å²) < 4.78 is 12.3. The Morgan fingerprint density at radius 1 is 1.25 bits per heavy atom. The van der Waals surface area contributed by atoms with Gasteiger partial charge in [0.25, 0.3) is 0 Å². The van der Waals surface area contributed by atoms with Crippen LogP contribution in [-0.2, 0) is 15.6 Å². The predicted molar refractivity (Wildman–Crippen MR) is 64.9 cm³/mol. The van der Waals surface area contributed by atoms with Crippen LogP contribution in [0.1, 0.15) is 31.2 Å². The average Bonchev–Trinajstić information content (AvgIpc) is 2.29. The smallest absolute Gasteiger partial charge is 0.148 e. The third-order valence-corrected chi connectivity index (χ3v) is 4.97. The highest BCUT2D eigenvalue weighted by Crippen LogP contribution is 2.24. The fourth-order valence-corrected chi connectivity index (χ4v) is 3.75. The van der Waals surface area contributed by atoms with Crippen LogP contribution < -0.4 is 0 Å². The zero-order valence-electron chi connectivity index (χ0n) is 9.44. The lowest BCUT2D eigenvalue weighted by Crippen LogP contribution is -2.29. The van der Waals surface area contributed by atoms with Crippen molar-refractivity contribution in [3.63, 3.8) is 0 Å². The maximum Gasteiger partial charge on any atom is 0.148 e. The van der Waals surface area contributed by atoms with Gasteiger partial charge in [-0.1, -0.05) is 24.6 Å². The van der Waals surface area contributed by atoms with Gasteiger partial charge in [0, 0.05) is 11.3 Å². The summed E-state index contributed by atoms with van der Waals surface area (Å²) in [6.07, 6.45) is 3.36. The highest BCUT2D eigenvalue weighted by molar-refractivity contribution is 7.86. The van der Waals surface area contributed by atoms with E-state index < -0.39 is 10.8 Å². The van der Waals surface area contributed by atoms with Crippen molar-refractivity contribution in [1.82, 2.24) is 0 Å². The lowest BCUT2D eigenvalue weighted by atomic mass is 9.99. The van der Waals surface area contributed by atoms with Gasteiger partial charge in [0.05, 0.1) is 16.0 Å². The Labute approximate surface area is 98.5 Å². The predicted octanol–water partition coefficient (Wildman–Crippen LogP) is 2.61. The summed E-state index contributed by atoms with van der Waals surface area (Å²) in [5, 5.41) is -0.269. The third-order valence-electron chi connectivity index (χ3n) is 3.07. The summed E-state index contributed by atoms with van der Waals surface area (Å²) in [6, 6.07) is 7.63. The van der Waals surface area contributed by atoms with Gasteiger partial charge in [-0.3, -0.25) is 9.00 Å². The summed E-state index contributed by atoms with van der Waals surface area (Å²) in [6.45, 7) is 1.94. The maximum atomic E-state index is 12.3. The van der Waals surface area contributed by atoms with Gasteiger partial charge in [-0.15, -0.1) is 0 Å². The van der Waals surface area contributed by atoms with Gasteiger partial charge in [-0.25, -0.2) is 0 Å². The molecule has 0 amide bonds. The normalized spacial score (nSPS) is 23.1. The van der Waals surface area contributed by atoms with Gasteiger partial charge in [0.2, 0.25) is 0 Å². The second kappa shape index (κ2) is 4.91. The molecule has 0 saturated heterocycles. The van der Waals surface area contributed by atoms with E-state index >= 15 is 0 Å². The van der Waals surface area contributed by atoms with Gasteiger partial charge in [-0.2, -0.15) is 0 Å². The molecule has 1 fully saturated rings. The number of carbonyl (C=O) groups excluding carboxylic acids is 1. The number of ketones is 1. The van der Waals surface area contributed by atoms with E-state index in [0.29, 0.717) is 6.42 Å². The Morgan fingerprint density at radius 3 is 2.69 bits per heavy atom. The van der Waals surface area contributed by atoms with Crippen molar-refractivity contribution < 1.29 is 9.00 Å². The Hall–Kier alpha value is -0.960. The molecule has 1 saturated carbocycles. The summed E-state index contributed by atoms with van der Waals surface area (Å²) in [5.74, 6) is 0.174. The average molecular weight is 236 g/mol. The van der Waals surface area contributed by atoms with E-state index in [-0.39, 0.29) is 11.0 Å². The van der Waals surface area contributed by atoms with Crippen molar-refractivity contribution >= 4 is 16.6 Å². The van der Waals surface area contributed by atoms with Crippen LogP contribution in [0.3, 0.4) is 0 Å². The second-order valence-electron chi connectivity index (χ2n) is 4.26. The van der Waals surface area contributed by atoms with E-state index in [2.05, 4.69) is 0 Å². The third kappa shape index (κ3) is 2.24. The molecule has 2 rings (SSSR count). The number of hydrogen-bond acceptors (Lipinski definition) is 2. The molecule has 2 unspecified atom stereocenters. The van der Waals surface area contributed by atoms with Gasteiger partial charge in [-0.05, 0) is 31.4 Å². The number of Topliss-reactive ketones (excluding diaryl/α,β-unsaturated/α-hetero) is 1. The van der Waals surface area contributed by atoms with Crippen LogP contribution in [0.5, 0.6) is 0 Å². The fraction of sp³-hybridized carbons (Fsp3) is 0.462. The fourth-order valence-electron chi connectivity index (χ4n) is 2.11. The van der Waals surface area contributed by atoms with Crippen LogP contribution in [0.25, 0.3) is 0 Å². The van der Waals surface area contributed by atoms with Crippen LogP contribution >= 0.6 is 0 Å². The van der Waals surface area contributed by atoms with Crippen LogP contribution in [0.15, 0.2) is 29.2 Å². The molecule has 0 radical (unpaired) electrons. The Balaban J connectivity index is 2.25. The minimum atomic E-state index is -1.16. The Kier molecular flexibility index (Phi) is 3.54. The molecule has 0 bridgehead atoms. The molecule has 1 aliphatic carbocycles. The number of rotatable bonds is 2. The van der Waals surface area contributed by atoms with Crippen molar-refractivity contribution in [1.29, 1.82) is 0 Å². The number of benzene rings is 1. The van der Waals surface area contributed by atoms with E-state index in [0.717, 1.165) is 29.7 Å². The van der Waals surface area contributed by atoms with Gasteiger partial charge < -0.3 is 0 Å². The van der Waals surface area contributed by atoms with Crippen molar-refractivity contribution in [2.45, 2.75) is 42.8 Å². The number of aryl methyl sites for hydroxylation is 1. The first-order valence-electron chi connectivity index (χ1n) is 5.69. The van der Waals surface area contributed by atoms with E-state index in [4.69, 9.17) is 0 Å². The molecule has 1 aromatic rings. The zero-order valence-corrected chi connectivity index (χ0v) is 10.3. The molecule has 16 heavy (non-hydrogen) atoms. The molecule has 2 atom stereocenters. The van der Waals surface area contributed by atoms with Crippen molar-refractivity contribution in [2.75, 3.05) is 0 Å². The molecule has 3 heteroatoms. The van der Waals surface area contributed by atoms with E-state index in [1.54, 1.807) is 0 Å². The van der Waals surface area contributed by atoms with E-state index in [1.807, 2.05) is 31.2 Å². The maximum absolute atomic E-state index is 12.3. The summed E-state index contributed by atoms with van der Waals surface area (Å²) in [4.78, 5) is 12.5. The number of carbonyl (C=O) groups is 1. The SMILES string of the molecule is Cc1ccccc1S(=O)C1CCCCC1=O. The Morgan fingerprint density at radius 2 is 2.00 bits per heavy atom. The van der Waals surface area contributed by atoms with Crippen LogP contribution in [-0.4, -0.2) is 15.2 Å². The molecule has 1 aromatic carbocycles. The van der Waals surface area contributed by atoms with Gasteiger partial charge in [0.15, 0.2) is 0 Å². The molecular formula is C13H16O2S. The summed E-state index contributed by atoms with van der Waals surface area (Å²) in [7, 11) is -1.16. The highest BCUT2D eigenvalue weighted by Gasteiger charge is 2.28. The van der Waals surface area contributed by atoms with Gasteiger partial charge >= 0.3 is 0 Å². The molecule has 0 heterocycles. The molecule has 1 aliphatic rings. The van der Waals surface area contributed by atoms with Crippen LogP contribution in [0.4, 0.5) is 0 Å². The topological polar surface area (TPSA) is 34.1 Å². The molecule has 0 aliphatic heterocycles. The zero-order chi connectivity index (χ0) is 11.5. The van der Waals surface area contributed by atoms with Crippen LogP contribution in [0, 0.1) is 6.92 Å². The van der Waals surface area contributed by atoms with Crippen molar-refractivity contribution in [3.8, 4) is 0 Å². The van der Waals surface area contributed by atoms with E-state index in [9.17, 15) is 9.00 Å². The lowest BCUT2D eigenvalue weighted by molar-refractivity contribution is -0.119. The summed E-state index contributed by atoms with van der Waals surface area (Å²) >= 11 is 0. The first-order valence-corrected chi connectivity index (χ1v) is 6.90. The van der Waals surface area contributed by atoms with Gasteiger partial charge in [0.1, 0.15) is 5.78 Å². The Bertz CT molecular complexity index is 426. The van der Waals surface area contributed by atoms with E-state index in [1.165, 1.54) is 0 Å². The van der Waals surface area contributed by atoms with Crippen LogP contribution in [0.2, 0.25) is 0 Å². The molecule has 0 spiro atoms. The minimum absolute atomic E-state index is 0.174.